The van der Waals surface area contributed by atoms with E-state index in [9.17, 15) is 9.59 Å². The van der Waals surface area contributed by atoms with Gasteiger partial charge in [0.15, 0.2) is 5.82 Å². The molecule has 0 aliphatic heterocycles. The smallest absolute Gasteiger partial charge is 0.325 e. The summed E-state index contributed by atoms with van der Waals surface area (Å²) in [6.45, 7) is 1.57. The summed E-state index contributed by atoms with van der Waals surface area (Å²) in [4.78, 5) is 23.6. The van der Waals surface area contributed by atoms with Crippen LogP contribution in [0.15, 0.2) is 28.2 Å². The van der Waals surface area contributed by atoms with E-state index in [2.05, 4.69) is 26.3 Å². The lowest BCUT2D eigenvalue weighted by Gasteiger charge is -2.08. The fourth-order valence-corrected chi connectivity index (χ4v) is 3.05. The van der Waals surface area contributed by atoms with Crippen molar-refractivity contribution in [2.75, 3.05) is 5.32 Å². The molecule has 0 aliphatic rings. The number of carboxylic acids is 1. The molecule has 2 heterocycles. The van der Waals surface area contributed by atoms with E-state index in [0.29, 0.717) is 5.82 Å². The number of nitrogens with one attached hydrogen (secondary N) is 1. The first-order chi connectivity index (χ1) is 9.45. The van der Waals surface area contributed by atoms with E-state index in [1.807, 2.05) is 19.1 Å². The van der Waals surface area contributed by atoms with Gasteiger partial charge in [-0.05, 0) is 35.0 Å². The van der Waals surface area contributed by atoms with Crippen LogP contribution in [0.4, 0.5) is 5.82 Å². The van der Waals surface area contributed by atoms with Crippen LogP contribution in [0, 0.1) is 0 Å². The molecule has 0 saturated carbocycles. The predicted octanol–water partition coefficient (Wildman–Crippen LogP) is 2.53. The second-order valence-corrected chi connectivity index (χ2v) is 6.64. The molecule has 0 spiro atoms. The average Bonchev–Trinajstić information content (AvgIpc) is 2.97. The summed E-state index contributed by atoms with van der Waals surface area (Å²) in [6, 6.07) is 5.35. The van der Waals surface area contributed by atoms with E-state index in [0.717, 1.165) is 8.66 Å². The van der Waals surface area contributed by atoms with E-state index in [1.165, 1.54) is 22.2 Å². The van der Waals surface area contributed by atoms with Crippen LogP contribution in [-0.4, -0.2) is 26.8 Å². The van der Waals surface area contributed by atoms with Crippen LogP contribution >= 0.6 is 27.3 Å². The molecule has 0 aliphatic carbocycles. The summed E-state index contributed by atoms with van der Waals surface area (Å²) >= 11 is 4.86. The minimum atomic E-state index is -0.984. The zero-order valence-electron chi connectivity index (χ0n) is 10.5. The Hall–Kier alpha value is -1.67. The van der Waals surface area contributed by atoms with Crippen LogP contribution in [0.3, 0.4) is 0 Å². The Morgan fingerprint density at radius 2 is 2.25 bits per heavy atom. The number of nitrogens with zero attached hydrogens (tertiary/aromatic N) is 2. The Labute approximate surface area is 127 Å². The Morgan fingerprint density at radius 3 is 2.85 bits per heavy atom. The van der Waals surface area contributed by atoms with Gasteiger partial charge in [0.1, 0.15) is 6.54 Å². The Kier molecular flexibility index (Phi) is 4.56. The van der Waals surface area contributed by atoms with Crippen LogP contribution < -0.4 is 5.32 Å². The van der Waals surface area contributed by atoms with Crippen LogP contribution in [0.1, 0.15) is 17.7 Å². The van der Waals surface area contributed by atoms with Crippen LogP contribution in [-0.2, 0) is 16.1 Å². The number of anilines is 1. The molecule has 20 heavy (non-hydrogen) atoms. The Bertz CT molecular complexity index is 637. The highest BCUT2D eigenvalue weighted by Gasteiger charge is 2.18. The molecule has 1 atom stereocenters. The van der Waals surface area contributed by atoms with Gasteiger partial charge in [-0.25, -0.2) is 0 Å². The van der Waals surface area contributed by atoms with Crippen molar-refractivity contribution < 1.29 is 14.7 Å². The fraction of sp³-hybridized carbons (Fsp3) is 0.250. The molecule has 0 bridgehead atoms. The molecule has 6 nitrogen and oxygen atoms in total. The predicted molar refractivity (Wildman–Crippen MR) is 78.9 cm³/mol. The summed E-state index contributed by atoms with van der Waals surface area (Å²) in [5, 5.41) is 15.3. The van der Waals surface area contributed by atoms with Crippen molar-refractivity contribution >= 4 is 45.0 Å². The molecular formula is C12H12BrN3O3S. The molecule has 0 fully saturated rings. The van der Waals surface area contributed by atoms with Crippen LogP contribution in [0.2, 0.25) is 0 Å². The average molecular weight is 358 g/mol. The number of hydrogen-bond donors (Lipinski definition) is 2. The lowest BCUT2D eigenvalue weighted by atomic mass is 10.1. The van der Waals surface area contributed by atoms with E-state index >= 15 is 0 Å². The SMILES string of the molecule is CC(C(=O)Nc1ccn(CC(=O)O)n1)c1ccc(Br)s1. The molecule has 0 aromatic carbocycles. The van der Waals surface area contributed by atoms with Gasteiger partial charge in [-0.3, -0.25) is 14.3 Å². The van der Waals surface area contributed by atoms with Gasteiger partial charge >= 0.3 is 5.97 Å². The maximum absolute atomic E-state index is 12.1. The van der Waals surface area contributed by atoms with Gasteiger partial charge in [0.05, 0.1) is 9.70 Å². The van der Waals surface area contributed by atoms with Crippen molar-refractivity contribution in [3.63, 3.8) is 0 Å². The third-order valence-corrected chi connectivity index (χ3v) is 4.41. The molecule has 1 amide bonds. The number of halogens is 1. The zero-order valence-corrected chi connectivity index (χ0v) is 12.9. The van der Waals surface area contributed by atoms with Gasteiger partial charge in [0, 0.05) is 17.1 Å². The third kappa shape index (κ3) is 3.67. The molecule has 1 unspecified atom stereocenters. The first-order valence-corrected chi connectivity index (χ1v) is 7.38. The lowest BCUT2D eigenvalue weighted by molar-refractivity contribution is -0.137. The Morgan fingerprint density at radius 1 is 1.50 bits per heavy atom. The number of rotatable bonds is 5. The van der Waals surface area contributed by atoms with Gasteiger partial charge in [-0.15, -0.1) is 11.3 Å². The molecule has 0 saturated heterocycles. The fourth-order valence-electron chi connectivity index (χ4n) is 1.58. The topological polar surface area (TPSA) is 84.2 Å². The van der Waals surface area contributed by atoms with Crippen molar-refractivity contribution in [3.8, 4) is 0 Å². The number of aliphatic carboxylic acids is 1. The minimum Gasteiger partial charge on any atom is -0.480 e. The molecule has 0 radical (unpaired) electrons. The molecule has 2 aromatic heterocycles. The van der Waals surface area contributed by atoms with E-state index < -0.39 is 5.97 Å². The normalized spacial score (nSPS) is 12.1. The number of carboxylic acid groups (broad SMARTS) is 1. The van der Waals surface area contributed by atoms with Crippen molar-refractivity contribution in [3.05, 3.63) is 33.1 Å². The monoisotopic (exact) mass is 357 g/mol. The van der Waals surface area contributed by atoms with Crippen molar-refractivity contribution in [2.45, 2.75) is 19.4 Å². The first kappa shape index (κ1) is 14.7. The lowest BCUT2D eigenvalue weighted by Crippen LogP contribution is -2.19. The molecular weight excluding hydrogens is 346 g/mol. The summed E-state index contributed by atoms with van der Waals surface area (Å²) in [7, 11) is 0. The highest BCUT2D eigenvalue weighted by molar-refractivity contribution is 9.11. The number of hydrogen-bond acceptors (Lipinski definition) is 4. The van der Waals surface area contributed by atoms with Gasteiger partial charge in [-0.2, -0.15) is 5.10 Å². The van der Waals surface area contributed by atoms with Gasteiger partial charge in [0.25, 0.3) is 0 Å². The third-order valence-electron chi connectivity index (χ3n) is 2.60. The standard InChI is InChI=1S/C12H12BrN3O3S/c1-7(8-2-3-9(13)20-8)12(19)14-10-4-5-16(15-10)6-11(17)18/h2-5,7H,6H2,1H3,(H,17,18)(H,14,15,19). The number of thiophene rings is 1. The summed E-state index contributed by atoms with van der Waals surface area (Å²) in [5.41, 5.74) is 0. The summed E-state index contributed by atoms with van der Waals surface area (Å²) < 4.78 is 2.22. The second-order valence-electron chi connectivity index (χ2n) is 4.15. The number of carbonyl (C=O) groups excluding carboxylic acids is 1. The number of amides is 1. The highest BCUT2D eigenvalue weighted by Crippen LogP contribution is 2.29. The maximum atomic E-state index is 12.1. The van der Waals surface area contributed by atoms with Crippen molar-refractivity contribution in [1.82, 2.24) is 9.78 Å². The zero-order chi connectivity index (χ0) is 14.7. The first-order valence-electron chi connectivity index (χ1n) is 5.77. The van der Waals surface area contributed by atoms with Gasteiger partial charge < -0.3 is 10.4 Å². The minimum absolute atomic E-state index is 0.181. The molecule has 106 valence electrons. The van der Waals surface area contributed by atoms with Crippen molar-refractivity contribution in [1.29, 1.82) is 0 Å². The quantitative estimate of drug-likeness (QED) is 0.860. The van der Waals surface area contributed by atoms with Crippen LogP contribution in [0.25, 0.3) is 0 Å². The van der Waals surface area contributed by atoms with Gasteiger partial charge in [-0.1, -0.05) is 0 Å². The molecule has 2 rings (SSSR count). The van der Waals surface area contributed by atoms with E-state index in [1.54, 1.807) is 6.07 Å². The molecule has 2 N–H and O–H groups in total. The highest BCUT2D eigenvalue weighted by atomic mass is 79.9. The van der Waals surface area contributed by atoms with E-state index in [-0.39, 0.29) is 18.4 Å². The maximum Gasteiger partial charge on any atom is 0.325 e. The summed E-state index contributed by atoms with van der Waals surface area (Å²) in [5.74, 6) is -1.11. The number of aromatic nitrogens is 2. The largest absolute Gasteiger partial charge is 0.480 e. The van der Waals surface area contributed by atoms with Crippen LogP contribution in [0.5, 0.6) is 0 Å². The summed E-state index contributed by atoms with van der Waals surface area (Å²) in [6.07, 6.45) is 1.51. The second kappa shape index (κ2) is 6.19. The number of carbonyl (C=O) groups is 2. The van der Waals surface area contributed by atoms with Gasteiger partial charge in [0.2, 0.25) is 5.91 Å². The van der Waals surface area contributed by atoms with E-state index in [4.69, 9.17) is 5.11 Å². The molecule has 8 heteroatoms. The Balaban J connectivity index is 2.00. The molecule has 2 aromatic rings. The van der Waals surface area contributed by atoms with Crippen molar-refractivity contribution in [2.24, 2.45) is 0 Å².